The number of aliphatic imine (C=N–C) groups is 1. The smallest absolute Gasteiger partial charge is 0.278 e. The zero-order valence-corrected chi connectivity index (χ0v) is 12.4. The van der Waals surface area contributed by atoms with Crippen molar-refractivity contribution in [2.24, 2.45) is 4.99 Å². The number of amidine groups is 1. The molecule has 1 amide bonds. The number of para-hydroxylation sites is 1. The van der Waals surface area contributed by atoms with Crippen LogP contribution < -0.4 is 4.90 Å². The van der Waals surface area contributed by atoms with Crippen LogP contribution in [0.25, 0.3) is 6.08 Å². The monoisotopic (exact) mass is 275 g/mol. The summed E-state index contributed by atoms with van der Waals surface area (Å²) in [6, 6.07) is 7.95. The zero-order valence-electron chi connectivity index (χ0n) is 11.5. The summed E-state index contributed by atoms with van der Waals surface area (Å²) in [5.41, 5.74) is 2.55. The lowest BCUT2D eigenvalue weighted by Crippen LogP contribution is -2.25. The van der Waals surface area contributed by atoms with Crippen LogP contribution in [0.2, 0.25) is 0 Å². The van der Waals surface area contributed by atoms with Gasteiger partial charge in [0, 0.05) is 32.4 Å². The third kappa shape index (κ3) is 2.66. The number of carbonyl (C=O) groups excluding carboxylic acids is 1. The molecule has 5 heteroatoms. The highest BCUT2D eigenvalue weighted by Crippen LogP contribution is 2.25. The summed E-state index contributed by atoms with van der Waals surface area (Å²) < 4.78 is 0. The molecule has 4 nitrogen and oxygen atoms in total. The van der Waals surface area contributed by atoms with E-state index in [2.05, 4.69) is 4.99 Å². The van der Waals surface area contributed by atoms with E-state index in [1.165, 1.54) is 11.8 Å². The van der Waals surface area contributed by atoms with Gasteiger partial charge in [-0.25, -0.2) is 4.99 Å². The van der Waals surface area contributed by atoms with Crippen molar-refractivity contribution in [3.8, 4) is 0 Å². The molecule has 0 bridgehead atoms. The second kappa shape index (κ2) is 5.48. The number of hydrogen-bond acceptors (Lipinski definition) is 4. The zero-order chi connectivity index (χ0) is 14.0. The van der Waals surface area contributed by atoms with Gasteiger partial charge < -0.3 is 4.90 Å². The van der Waals surface area contributed by atoms with Crippen molar-refractivity contribution in [2.75, 3.05) is 32.3 Å². The number of hydrogen-bond donors (Lipinski definition) is 0. The SMILES string of the molecule is CSC1=NC(=Cc2ccccc2N(C)C)C(=O)N1C. The average molecular weight is 275 g/mol. The molecule has 100 valence electrons. The van der Waals surface area contributed by atoms with Gasteiger partial charge in [0.25, 0.3) is 5.91 Å². The van der Waals surface area contributed by atoms with Gasteiger partial charge in [-0.3, -0.25) is 9.69 Å². The Labute approximate surface area is 117 Å². The molecule has 0 fully saturated rings. The first-order chi connectivity index (χ1) is 9.04. The van der Waals surface area contributed by atoms with Crippen LogP contribution in [-0.2, 0) is 4.79 Å². The second-order valence-corrected chi connectivity index (χ2v) is 5.22. The number of likely N-dealkylation sites (N-methyl/N-ethyl adjacent to an activating group) is 1. The summed E-state index contributed by atoms with van der Waals surface area (Å²) in [5.74, 6) is -0.0575. The minimum atomic E-state index is -0.0575. The summed E-state index contributed by atoms with van der Waals surface area (Å²) in [6.07, 6.45) is 3.76. The Hall–Kier alpha value is -1.75. The van der Waals surface area contributed by atoms with Crippen molar-refractivity contribution >= 4 is 34.6 Å². The molecular weight excluding hydrogens is 258 g/mol. The van der Waals surface area contributed by atoms with Crippen molar-refractivity contribution in [3.63, 3.8) is 0 Å². The molecule has 0 unspecified atom stereocenters. The third-order valence-corrected chi connectivity index (χ3v) is 3.65. The number of benzene rings is 1. The molecule has 1 aromatic rings. The van der Waals surface area contributed by atoms with E-state index < -0.39 is 0 Å². The first-order valence-electron chi connectivity index (χ1n) is 5.93. The normalized spacial score (nSPS) is 17.1. The molecule has 0 N–H and O–H groups in total. The predicted molar refractivity (Wildman–Crippen MR) is 82.5 cm³/mol. The summed E-state index contributed by atoms with van der Waals surface area (Å²) in [6.45, 7) is 0. The number of anilines is 1. The van der Waals surface area contributed by atoms with Crippen LogP contribution in [0.5, 0.6) is 0 Å². The van der Waals surface area contributed by atoms with Gasteiger partial charge in [0.15, 0.2) is 5.17 Å². The van der Waals surface area contributed by atoms with Crippen molar-refractivity contribution in [2.45, 2.75) is 0 Å². The third-order valence-electron chi connectivity index (χ3n) is 2.92. The van der Waals surface area contributed by atoms with Crippen LogP contribution in [0.15, 0.2) is 35.0 Å². The number of amides is 1. The minimum Gasteiger partial charge on any atom is -0.377 e. The van der Waals surface area contributed by atoms with E-state index in [-0.39, 0.29) is 5.91 Å². The Balaban J connectivity index is 2.43. The second-order valence-electron chi connectivity index (χ2n) is 4.45. The first kappa shape index (κ1) is 13.7. The van der Waals surface area contributed by atoms with Crippen LogP contribution in [-0.4, -0.2) is 43.4 Å². The van der Waals surface area contributed by atoms with Crippen LogP contribution in [0.4, 0.5) is 5.69 Å². The Bertz CT molecular complexity index is 564. The van der Waals surface area contributed by atoms with Crippen LogP contribution >= 0.6 is 11.8 Å². The first-order valence-corrected chi connectivity index (χ1v) is 7.16. The van der Waals surface area contributed by atoms with E-state index >= 15 is 0 Å². The highest BCUT2D eigenvalue weighted by Gasteiger charge is 2.26. The minimum absolute atomic E-state index is 0.0575. The van der Waals surface area contributed by atoms with E-state index in [0.29, 0.717) is 5.70 Å². The topological polar surface area (TPSA) is 35.9 Å². The van der Waals surface area contributed by atoms with Crippen molar-refractivity contribution in [1.82, 2.24) is 4.90 Å². The van der Waals surface area contributed by atoms with E-state index in [0.717, 1.165) is 16.4 Å². The Kier molecular flexibility index (Phi) is 3.95. The molecule has 0 saturated carbocycles. The van der Waals surface area contributed by atoms with Gasteiger partial charge in [-0.05, 0) is 18.4 Å². The average Bonchev–Trinajstić information content (AvgIpc) is 2.67. The summed E-state index contributed by atoms with van der Waals surface area (Å²) in [5, 5.41) is 0.735. The summed E-state index contributed by atoms with van der Waals surface area (Å²) in [7, 11) is 5.71. The Morgan fingerprint density at radius 2 is 2.00 bits per heavy atom. The lowest BCUT2D eigenvalue weighted by Gasteiger charge is -2.15. The van der Waals surface area contributed by atoms with Gasteiger partial charge in [0.2, 0.25) is 0 Å². The van der Waals surface area contributed by atoms with E-state index in [1.54, 1.807) is 11.9 Å². The highest BCUT2D eigenvalue weighted by atomic mass is 32.2. The van der Waals surface area contributed by atoms with Gasteiger partial charge in [0.05, 0.1) is 0 Å². The van der Waals surface area contributed by atoms with Crippen LogP contribution in [0.3, 0.4) is 0 Å². The van der Waals surface area contributed by atoms with E-state index in [4.69, 9.17) is 0 Å². The molecule has 2 rings (SSSR count). The van der Waals surface area contributed by atoms with Gasteiger partial charge in [-0.15, -0.1) is 0 Å². The molecule has 1 heterocycles. The summed E-state index contributed by atoms with van der Waals surface area (Å²) in [4.78, 5) is 20.0. The molecule has 1 aliphatic heterocycles. The van der Waals surface area contributed by atoms with Gasteiger partial charge in [-0.1, -0.05) is 30.0 Å². The quantitative estimate of drug-likeness (QED) is 0.777. The number of thioether (sulfide) groups is 1. The number of carbonyl (C=O) groups is 1. The molecule has 0 saturated heterocycles. The fraction of sp³-hybridized carbons (Fsp3) is 0.286. The molecule has 1 aromatic carbocycles. The standard InChI is InChI=1S/C14H17N3OS/c1-16(2)12-8-6-5-7-10(12)9-11-13(18)17(3)14(15-11)19-4/h5-9H,1-4H3. The molecule has 0 atom stereocenters. The fourth-order valence-electron chi connectivity index (χ4n) is 1.93. The maximum Gasteiger partial charge on any atom is 0.278 e. The van der Waals surface area contributed by atoms with Crippen molar-refractivity contribution in [3.05, 3.63) is 35.5 Å². The van der Waals surface area contributed by atoms with Crippen molar-refractivity contribution in [1.29, 1.82) is 0 Å². The van der Waals surface area contributed by atoms with Crippen LogP contribution in [0, 0.1) is 0 Å². The number of rotatable bonds is 2. The van der Waals surface area contributed by atoms with Crippen LogP contribution in [0.1, 0.15) is 5.56 Å². The maximum absolute atomic E-state index is 12.1. The fourth-order valence-corrected chi connectivity index (χ4v) is 2.47. The lowest BCUT2D eigenvalue weighted by atomic mass is 10.1. The molecule has 19 heavy (non-hydrogen) atoms. The van der Waals surface area contributed by atoms with E-state index in [1.807, 2.05) is 55.6 Å². The molecule has 0 aromatic heterocycles. The molecule has 1 aliphatic rings. The molecular formula is C14H17N3OS. The van der Waals surface area contributed by atoms with Gasteiger partial charge >= 0.3 is 0 Å². The largest absolute Gasteiger partial charge is 0.377 e. The maximum atomic E-state index is 12.1. The van der Waals surface area contributed by atoms with E-state index in [9.17, 15) is 4.79 Å². The molecule has 0 aliphatic carbocycles. The predicted octanol–water partition coefficient (Wildman–Crippen LogP) is 2.28. The summed E-state index contributed by atoms with van der Waals surface area (Å²) >= 11 is 1.47. The van der Waals surface area contributed by atoms with Crippen molar-refractivity contribution < 1.29 is 4.79 Å². The molecule has 0 spiro atoms. The lowest BCUT2D eigenvalue weighted by molar-refractivity contribution is -0.121. The highest BCUT2D eigenvalue weighted by molar-refractivity contribution is 8.13. The Morgan fingerprint density at radius 1 is 1.32 bits per heavy atom. The number of nitrogens with zero attached hydrogens (tertiary/aromatic N) is 3. The van der Waals surface area contributed by atoms with Gasteiger partial charge in [0.1, 0.15) is 5.70 Å². The molecule has 0 radical (unpaired) electrons. The Morgan fingerprint density at radius 3 is 2.58 bits per heavy atom. The van der Waals surface area contributed by atoms with Gasteiger partial charge in [-0.2, -0.15) is 0 Å².